The smallest absolute Gasteiger partial charge is 0.356 e. The molecule has 0 aliphatic heterocycles. The maximum Gasteiger partial charge on any atom is 0.356 e. The Morgan fingerprint density at radius 3 is 2.73 bits per heavy atom. The highest BCUT2D eigenvalue weighted by atomic mass is 16.1. The van der Waals surface area contributed by atoms with Gasteiger partial charge < -0.3 is 5.73 Å². The van der Waals surface area contributed by atoms with Gasteiger partial charge >= 0.3 is 5.69 Å². The Hall–Kier alpha value is -2.17. The molecule has 76 valence electrons. The Kier molecular flexibility index (Phi) is 2.21. The van der Waals surface area contributed by atoms with Crippen LogP contribution in [0.2, 0.25) is 0 Å². The molecule has 1 aromatic heterocycles. The van der Waals surface area contributed by atoms with Gasteiger partial charge in [-0.2, -0.15) is 4.98 Å². The average molecular weight is 202 g/mol. The molecule has 0 aliphatic carbocycles. The molecule has 2 aromatic rings. The molecule has 1 aromatic carbocycles. The van der Waals surface area contributed by atoms with Gasteiger partial charge in [0.1, 0.15) is 6.33 Å². The van der Waals surface area contributed by atoms with E-state index in [-0.39, 0.29) is 5.95 Å². The molecule has 5 nitrogen and oxygen atoms in total. The molecule has 0 saturated heterocycles. The second-order valence-electron chi connectivity index (χ2n) is 3.15. The third-order valence-corrected chi connectivity index (χ3v) is 2.10. The van der Waals surface area contributed by atoms with Crippen molar-refractivity contribution in [2.75, 3.05) is 5.73 Å². The van der Waals surface area contributed by atoms with Crippen LogP contribution in [-0.2, 0) is 0 Å². The Morgan fingerprint density at radius 2 is 2.07 bits per heavy atom. The molecule has 15 heavy (non-hydrogen) atoms. The van der Waals surface area contributed by atoms with Crippen LogP contribution in [0.25, 0.3) is 5.69 Å². The standard InChI is InChI=1S/C10H10N4O/c1-7-4-2-3-5-8(7)14-6-12-9(11)13-10(14)15/h2-6H,1H3,(H2,11,13,15). The van der Waals surface area contributed by atoms with E-state index in [1.807, 2.05) is 31.2 Å². The van der Waals surface area contributed by atoms with E-state index < -0.39 is 5.69 Å². The largest absolute Gasteiger partial charge is 0.368 e. The molecule has 0 fully saturated rings. The molecule has 1 heterocycles. The minimum Gasteiger partial charge on any atom is -0.368 e. The van der Waals surface area contributed by atoms with Crippen molar-refractivity contribution >= 4 is 5.95 Å². The van der Waals surface area contributed by atoms with Crippen LogP contribution < -0.4 is 11.4 Å². The SMILES string of the molecule is Cc1ccccc1-n1cnc(N)nc1=O. The molecule has 0 radical (unpaired) electrons. The van der Waals surface area contributed by atoms with E-state index in [9.17, 15) is 4.79 Å². The van der Waals surface area contributed by atoms with Crippen molar-refractivity contribution < 1.29 is 0 Å². The predicted octanol–water partition coefficient (Wildman–Crippen LogP) is 0.518. The summed E-state index contributed by atoms with van der Waals surface area (Å²) in [6.07, 6.45) is 1.38. The Labute approximate surface area is 86.2 Å². The molecule has 0 bridgehead atoms. The summed E-state index contributed by atoms with van der Waals surface area (Å²) in [5, 5.41) is 0. The number of rotatable bonds is 1. The highest BCUT2D eigenvalue weighted by molar-refractivity contribution is 5.39. The van der Waals surface area contributed by atoms with Crippen LogP contribution in [0.15, 0.2) is 35.4 Å². The number of aromatic nitrogens is 3. The second kappa shape index (κ2) is 3.53. The molecular formula is C10H10N4O. The number of nitrogen functional groups attached to an aromatic ring is 1. The summed E-state index contributed by atoms with van der Waals surface area (Å²) in [6.45, 7) is 1.91. The summed E-state index contributed by atoms with van der Waals surface area (Å²) in [6, 6.07) is 7.50. The molecule has 5 heteroatoms. The van der Waals surface area contributed by atoms with E-state index in [0.29, 0.717) is 0 Å². The quantitative estimate of drug-likeness (QED) is 0.731. The molecule has 0 atom stereocenters. The maximum absolute atomic E-state index is 11.5. The van der Waals surface area contributed by atoms with E-state index in [1.54, 1.807) is 0 Å². The number of para-hydroxylation sites is 1. The number of hydrogen-bond acceptors (Lipinski definition) is 4. The lowest BCUT2D eigenvalue weighted by molar-refractivity contribution is 0.862. The van der Waals surface area contributed by atoms with Crippen LogP contribution in [0.1, 0.15) is 5.56 Å². The molecule has 2 rings (SSSR count). The normalized spacial score (nSPS) is 10.2. The second-order valence-corrected chi connectivity index (χ2v) is 3.15. The number of anilines is 1. The van der Waals surface area contributed by atoms with Crippen molar-refractivity contribution in [1.82, 2.24) is 14.5 Å². The highest BCUT2D eigenvalue weighted by Gasteiger charge is 2.03. The topological polar surface area (TPSA) is 73.8 Å². The summed E-state index contributed by atoms with van der Waals surface area (Å²) in [5.74, 6) is -0.00941. The summed E-state index contributed by atoms with van der Waals surface area (Å²) >= 11 is 0. The zero-order chi connectivity index (χ0) is 10.8. The molecule has 0 unspecified atom stereocenters. The summed E-state index contributed by atoms with van der Waals surface area (Å²) in [4.78, 5) is 18.9. The first-order valence-corrected chi connectivity index (χ1v) is 4.45. The van der Waals surface area contributed by atoms with Gasteiger partial charge in [-0.05, 0) is 18.6 Å². The van der Waals surface area contributed by atoms with E-state index in [2.05, 4.69) is 9.97 Å². The average Bonchev–Trinajstić information content (AvgIpc) is 2.20. The first-order valence-electron chi connectivity index (χ1n) is 4.45. The Balaban J connectivity index is 2.65. The van der Waals surface area contributed by atoms with Crippen molar-refractivity contribution in [2.24, 2.45) is 0 Å². The fraction of sp³-hybridized carbons (Fsp3) is 0.100. The van der Waals surface area contributed by atoms with E-state index in [4.69, 9.17) is 5.73 Å². The fourth-order valence-corrected chi connectivity index (χ4v) is 1.35. The lowest BCUT2D eigenvalue weighted by Gasteiger charge is -2.06. The molecule has 2 N–H and O–H groups in total. The van der Waals surface area contributed by atoms with Gasteiger partial charge in [0, 0.05) is 0 Å². The lowest BCUT2D eigenvalue weighted by Crippen LogP contribution is -2.23. The molecule has 0 amide bonds. The van der Waals surface area contributed by atoms with Crippen LogP contribution in [-0.4, -0.2) is 14.5 Å². The van der Waals surface area contributed by atoms with Crippen LogP contribution in [0, 0.1) is 6.92 Å². The van der Waals surface area contributed by atoms with Gasteiger partial charge in [0.25, 0.3) is 0 Å². The zero-order valence-corrected chi connectivity index (χ0v) is 8.21. The van der Waals surface area contributed by atoms with Crippen molar-refractivity contribution in [3.63, 3.8) is 0 Å². The van der Waals surface area contributed by atoms with Crippen molar-refractivity contribution in [3.8, 4) is 5.69 Å². The minimum absolute atomic E-state index is 0.00941. The van der Waals surface area contributed by atoms with Crippen LogP contribution in [0.4, 0.5) is 5.95 Å². The third kappa shape index (κ3) is 1.71. The zero-order valence-electron chi connectivity index (χ0n) is 8.21. The molecular weight excluding hydrogens is 192 g/mol. The van der Waals surface area contributed by atoms with Crippen molar-refractivity contribution in [2.45, 2.75) is 6.92 Å². The van der Waals surface area contributed by atoms with Crippen molar-refractivity contribution in [1.29, 1.82) is 0 Å². The van der Waals surface area contributed by atoms with E-state index in [1.165, 1.54) is 10.9 Å². The highest BCUT2D eigenvalue weighted by Crippen LogP contribution is 2.09. The minimum atomic E-state index is -0.420. The first-order chi connectivity index (χ1) is 7.18. The van der Waals surface area contributed by atoms with Crippen LogP contribution in [0.3, 0.4) is 0 Å². The Morgan fingerprint density at radius 1 is 1.33 bits per heavy atom. The molecule has 0 aliphatic rings. The number of nitrogens with zero attached hydrogens (tertiary/aromatic N) is 3. The summed E-state index contributed by atoms with van der Waals surface area (Å²) < 4.78 is 1.37. The number of benzene rings is 1. The first kappa shape index (κ1) is 9.39. The fourth-order valence-electron chi connectivity index (χ4n) is 1.35. The number of nitrogens with two attached hydrogens (primary N) is 1. The predicted molar refractivity (Wildman–Crippen MR) is 56.8 cm³/mol. The third-order valence-electron chi connectivity index (χ3n) is 2.10. The van der Waals surface area contributed by atoms with Crippen molar-refractivity contribution in [3.05, 3.63) is 46.6 Å². The van der Waals surface area contributed by atoms with Crippen LogP contribution in [0.5, 0.6) is 0 Å². The Bertz CT molecular complexity index is 547. The van der Waals surface area contributed by atoms with Crippen LogP contribution >= 0.6 is 0 Å². The maximum atomic E-state index is 11.5. The van der Waals surface area contributed by atoms with Gasteiger partial charge in [-0.15, -0.1) is 0 Å². The monoisotopic (exact) mass is 202 g/mol. The van der Waals surface area contributed by atoms with E-state index in [0.717, 1.165) is 11.3 Å². The van der Waals surface area contributed by atoms with Gasteiger partial charge in [0.2, 0.25) is 5.95 Å². The van der Waals surface area contributed by atoms with Gasteiger partial charge in [-0.1, -0.05) is 18.2 Å². The summed E-state index contributed by atoms with van der Waals surface area (Å²) in [5.41, 5.74) is 6.63. The van der Waals surface area contributed by atoms with Gasteiger partial charge in [0.15, 0.2) is 0 Å². The van der Waals surface area contributed by atoms with Gasteiger partial charge in [-0.3, -0.25) is 4.57 Å². The summed E-state index contributed by atoms with van der Waals surface area (Å²) in [7, 11) is 0. The molecule has 0 spiro atoms. The lowest BCUT2D eigenvalue weighted by atomic mass is 10.2. The van der Waals surface area contributed by atoms with E-state index >= 15 is 0 Å². The van der Waals surface area contributed by atoms with Gasteiger partial charge in [-0.25, -0.2) is 9.78 Å². The molecule has 0 saturated carbocycles. The number of aryl methyl sites for hydroxylation is 1. The van der Waals surface area contributed by atoms with Gasteiger partial charge in [0.05, 0.1) is 5.69 Å². The number of hydrogen-bond donors (Lipinski definition) is 1.